The molecule has 0 heteroatoms. The van der Waals surface area contributed by atoms with E-state index in [0.717, 1.165) is 0 Å². The Balaban J connectivity index is 2.27. The molecule has 0 aliphatic heterocycles. The highest BCUT2D eigenvalue weighted by molar-refractivity contribution is 5.30. The van der Waals surface area contributed by atoms with Crippen molar-refractivity contribution in [3.63, 3.8) is 0 Å². The molecule has 0 N–H and O–H groups in total. The van der Waals surface area contributed by atoms with Gasteiger partial charge >= 0.3 is 0 Å². The molecule has 101 valence electrons. The second kappa shape index (κ2) is 7.61. The van der Waals surface area contributed by atoms with Gasteiger partial charge in [0.2, 0.25) is 0 Å². The molecule has 1 aromatic carbocycles. The van der Waals surface area contributed by atoms with Crippen LogP contribution < -0.4 is 0 Å². The largest absolute Gasteiger partial charge is 0.0654 e. The Labute approximate surface area is 114 Å². The molecule has 0 saturated carbocycles. The summed E-state index contributed by atoms with van der Waals surface area (Å²) < 4.78 is 0. The number of benzene rings is 1. The zero-order valence-electron chi connectivity index (χ0n) is 12.6. The van der Waals surface area contributed by atoms with Crippen LogP contribution in [0.15, 0.2) is 24.3 Å². The fourth-order valence-electron chi connectivity index (χ4n) is 2.14. The summed E-state index contributed by atoms with van der Waals surface area (Å²) in [6.07, 6.45) is 10.4. The number of hydrogen-bond acceptors (Lipinski definition) is 0. The molecule has 0 heterocycles. The maximum atomic E-state index is 2.37. The van der Waals surface area contributed by atoms with Crippen LogP contribution in [0, 0.1) is 6.42 Å². The minimum atomic E-state index is 0.263. The van der Waals surface area contributed by atoms with Crippen molar-refractivity contribution in [3.05, 3.63) is 41.8 Å². The first-order valence-corrected chi connectivity index (χ1v) is 7.48. The van der Waals surface area contributed by atoms with E-state index in [1.54, 1.807) is 0 Å². The highest BCUT2D eigenvalue weighted by atomic mass is 14.2. The lowest BCUT2D eigenvalue weighted by atomic mass is 9.86. The maximum Gasteiger partial charge on any atom is -0.00931 e. The van der Waals surface area contributed by atoms with Crippen LogP contribution in [-0.2, 0) is 5.41 Å². The third-order valence-electron chi connectivity index (χ3n) is 3.46. The zero-order chi connectivity index (χ0) is 13.4. The van der Waals surface area contributed by atoms with Crippen molar-refractivity contribution < 1.29 is 0 Å². The first kappa shape index (κ1) is 15.3. The Morgan fingerprint density at radius 2 is 1.50 bits per heavy atom. The van der Waals surface area contributed by atoms with Gasteiger partial charge in [-0.3, -0.25) is 0 Å². The number of hydrogen-bond donors (Lipinski definition) is 0. The summed E-state index contributed by atoms with van der Waals surface area (Å²) in [5.41, 5.74) is 3.06. The quantitative estimate of drug-likeness (QED) is 0.525. The van der Waals surface area contributed by atoms with E-state index in [1.807, 2.05) is 0 Å². The minimum absolute atomic E-state index is 0.263. The zero-order valence-corrected chi connectivity index (χ0v) is 12.6. The van der Waals surface area contributed by atoms with Gasteiger partial charge in [-0.15, -0.1) is 0 Å². The van der Waals surface area contributed by atoms with Crippen molar-refractivity contribution in [1.82, 2.24) is 0 Å². The van der Waals surface area contributed by atoms with Crippen molar-refractivity contribution >= 4 is 0 Å². The Morgan fingerprint density at radius 1 is 0.889 bits per heavy atom. The van der Waals surface area contributed by atoms with Crippen molar-refractivity contribution in [2.24, 2.45) is 0 Å². The topological polar surface area (TPSA) is 0 Å². The molecule has 0 aliphatic carbocycles. The summed E-state index contributed by atoms with van der Waals surface area (Å²) in [5.74, 6) is 0. The number of unbranched alkanes of at least 4 members (excludes halogenated alkanes) is 5. The Bertz CT molecular complexity index is 313. The van der Waals surface area contributed by atoms with Crippen LogP contribution >= 0.6 is 0 Å². The third kappa shape index (κ3) is 5.71. The highest BCUT2D eigenvalue weighted by Crippen LogP contribution is 2.23. The van der Waals surface area contributed by atoms with E-state index in [-0.39, 0.29) is 5.41 Å². The highest BCUT2D eigenvalue weighted by Gasteiger charge is 2.12. The monoisotopic (exact) mass is 245 g/mol. The molecule has 0 amide bonds. The summed E-state index contributed by atoms with van der Waals surface area (Å²) in [5, 5.41) is 0. The van der Waals surface area contributed by atoms with Gasteiger partial charge in [0.25, 0.3) is 0 Å². The average molecular weight is 245 g/mol. The molecule has 0 saturated heterocycles. The molecule has 0 bridgehead atoms. The first-order valence-electron chi connectivity index (χ1n) is 7.48. The molecule has 0 unspecified atom stereocenters. The molecule has 1 aromatic rings. The fourth-order valence-corrected chi connectivity index (χ4v) is 2.14. The average Bonchev–Trinajstić information content (AvgIpc) is 2.33. The molecule has 0 aliphatic rings. The van der Waals surface area contributed by atoms with E-state index < -0.39 is 0 Å². The van der Waals surface area contributed by atoms with Gasteiger partial charge < -0.3 is 0 Å². The lowest BCUT2D eigenvalue weighted by molar-refractivity contribution is 0.590. The second-order valence-electron chi connectivity index (χ2n) is 6.28. The molecule has 1 radical (unpaired) electrons. The summed E-state index contributed by atoms with van der Waals surface area (Å²) in [6, 6.07) is 9.05. The molecule has 0 aromatic heterocycles. The van der Waals surface area contributed by atoms with Crippen molar-refractivity contribution in [1.29, 1.82) is 0 Å². The smallest absolute Gasteiger partial charge is 0.00931 e. The van der Waals surface area contributed by atoms with Gasteiger partial charge in [-0.05, 0) is 29.4 Å². The van der Waals surface area contributed by atoms with E-state index >= 15 is 0 Å². The van der Waals surface area contributed by atoms with Crippen molar-refractivity contribution in [2.75, 3.05) is 0 Å². The molecule has 18 heavy (non-hydrogen) atoms. The molecule has 0 atom stereocenters. The van der Waals surface area contributed by atoms with Crippen LogP contribution in [0.2, 0.25) is 0 Å². The van der Waals surface area contributed by atoms with Gasteiger partial charge in [0, 0.05) is 0 Å². The van der Waals surface area contributed by atoms with Crippen LogP contribution in [0.3, 0.4) is 0 Å². The predicted octanol–water partition coefficient (Wildman–Crippen LogP) is 5.90. The Hall–Kier alpha value is -0.780. The maximum absolute atomic E-state index is 2.37. The Kier molecular flexibility index (Phi) is 6.46. The molecule has 0 fully saturated rings. The molecule has 0 nitrogen and oxygen atoms in total. The standard InChI is InChI=1S/C18H29/c1-5-6-7-8-9-10-11-16-12-14-17(15-13-16)18(2,3)4/h11-15H,5-10H2,1-4H3. The van der Waals surface area contributed by atoms with Gasteiger partial charge in [0.1, 0.15) is 0 Å². The minimum Gasteiger partial charge on any atom is -0.0654 e. The van der Waals surface area contributed by atoms with Gasteiger partial charge in [-0.2, -0.15) is 0 Å². The third-order valence-corrected chi connectivity index (χ3v) is 3.46. The molecular formula is C18H29. The lowest BCUT2D eigenvalue weighted by Gasteiger charge is -2.19. The lowest BCUT2D eigenvalue weighted by Crippen LogP contribution is -2.10. The van der Waals surface area contributed by atoms with Gasteiger partial charge in [-0.1, -0.05) is 84.1 Å². The van der Waals surface area contributed by atoms with E-state index in [9.17, 15) is 0 Å². The van der Waals surface area contributed by atoms with E-state index in [2.05, 4.69) is 58.4 Å². The van der Waals surface area contributed by atoms with E-state index in [0.29, 0.717) is 0 Å². The van der Waals surface area contributed by atoms with Crippen LogP contribution in [0.5, 0.6) is 0 Å². The van der Waals surface area contributed by atoms with Crippen LogP contribution in [-0.4, -0.2) is 0 Å². The van der Waals surface area contributed by atoms with Gasteiger partial charge in [0.05, 0.1) is 0 Å². The van der Waals surface area contributed by atoms with Gasteiger partial charge in [0.15, 0.2) is 0 Å². The van der Waals surface area contributed by atoms with E-state index in [1.165, 1.54) is 49.7 Å². The summed E-state index contributed by atoms with van der Waals surface area (Å²) in [6.45, 7) is 9.06. The second-order valence-corrected chi connectivity index (χ2v) is 6.28. The summed E-state index contributed by atoms with van der Waals surface area (Å²) >= 11 is 0. The number of rotatable bonds is 7. The summed E-state index contributed by atoms with van der Waals surface area (Å²) in [4.78, 5) is 0. The van der Waals surface area contributed by atoms with Crippen LogP contribution in [0.25, 0.3) is 0 Å². The normalized spacial score (nSPS) is 11.8. The molecular weight excluding hydrogens is 216 g/mol. The first-order chi connectivity index (χ1) is 8.54. The predicted molar refractivity (Wildman–Crippen MR) is 81.9 cm³/mol. The Morgan fingerprint density at radius 3 is 2.06 bits per heavy atom. The van der Waals surface area contributed by atoms with Crippen LogP contribution in [0.1, 0.15) is 77.3 Å². The SMILES string of the molecule is CCCCCCC[CH]c1ccc(C(C)(C)C)cc1. The van der Waals surface area contributed by atoms with Crippen molar-refractivity contribution in [2.45, 2.75) is 71.6 Å². The van der Waals surface area contributed by atoms with E-state index in [4.69, 9.17) is 0 Å². The van der Waals surface area contributed by atoms with Crippen molar-refractivity contribution in [3.8, 4) is 0 Å². The van der Waals surface area contributed by atoms with Gasteiger partial charge in [-0.25, -0.2) is 0 Å². The fraction of sp³-hybridized carbons (Fsp3) is 0.611. The molecule has 0 spiro atoms. The molecule has 1 rings (SSSR count). The summed E-state index contributed by atoms with van der Waals surface area (Å²) in [7, 11) is 0. The van der Waals surface area contributed by atoms with Crippen LogP contribution in [0.4, 0.5) is 0 Å².